The molecule has 0 unspecified atom stereocenters. The summed E-state index contributed by atoms with van der Waals surface area (Å²) in [5.74, 6) is -1.70. The van der Waals surface area contributed by atoms with Gasteiger partial charge < -0.3 is 10.4 Å². The number of non-ortho nitro benzene ring substituents is 1. The normalized spacial score (nSPS) is 10.6. The molecule has 27 heavy (non-hydrogen) atoms. The zero-order chi connectivity index (χ0) is 19.4. The van der Waals surface area contributed by atoms with Crippen LogP contribution in [0.2, 0.25) is 5.02 Å². The van der Waals surface area contributed by atoms with Crippen molar-refractivity contribution >= 4 is 34.7 Å². The van der Waals surface area contributed by atoms with E-state index in [9.17, 15) is 19.6 Å². The predicted octanol–water partition coefficient (Wildman–Crippen LogP) is 5.86. The Morgan fingerprint density at radius 2 is 1.85 bits per heavy atom. The molecular formula is C19H14ClFN2O3S. The summed E-state index contributed by atoms with van der Waals surface area (Å²) in [5.41, 5.74) is 0.424. The van der Waals surface area contributed by atoms with Gasteiger partial charge in [-0.05, 0) is 35.9 Å². The molecule has 0 aromatic heterocycles. The summed E-state index contributed by atoms with van der Waals surface area (Å²) >= 11 is 7.43. The average molecular weight is 405 g/mol. The zero-order valence-electron chi connectivity index (χ0n) is 13.9. The van der Waals surface area contributed by atoms with Crippen molar-refractivity contribution in [3.05, 3.63) is 87.2 Å². The topological polar surface area (TPSA) is 75.4 Å². The second kappa shape index (κ2) is 8.28. The van der Waals surface area contributed by atoms with Crippen molar-refractivity contribution in [2.45, 2.75) is 16.3 Å². The van der Waals surface area contributed by atoms with Crippen LogP contribution in [0.4, 0.5) is 15.8 Å². The van der Waals surface area contributed by atoms with E-state index in [-0.39, 0.29) is 12.2 Å². The van der Waals surface area contributed by atoms with Crippen LogP contribution in [0.5, 0.6) is 5.75 Å². The van der Waals surface area contributed by atoms with Crippen molar-refractivity contribution in [2.24, 2.45) is 0 Å². The molecular weight excluding hydrogens is 391 g/mol. The van der Waals surface area contributed by atoms with Gasteiger partial charge in [-0.15, -0.1) is 0 Å². The third-order valence-corrected chi connectivity index (χ3v) is 5.12. The van der Waals surface area contributed by atoms with E-state index in [0.29, 0.717) is 11.1 Å². The summed E-state index contributed by atoms with van der Waals surface area (Å²) in [7, 11) is 0. The van der Waals surface area contributed by atoms with Gasteiger partial charge in [0.15, 0.2) is 11.6 Å². The number of hydrogen-bond donors (Lipinski definition) is 2. The highest BCUT2D eigenvalue weighted by atomic mass is 35.5. The van der Waals surface area contributed by atoms with Gasteiger partial charge in [-0.1, -0.05) is 41.6 Å². The van der Waals surface area contributed by atoms with E-state index in [2.05, 4.69) is 5.32 Å². The molecule has 0 aliphatic heterocycles. The summed E-state index contributed by atoms with van der Waals surface area (Å²) in [6.07, 6.45) is 0. The molecule has 8 heteroatoms. The smallest absolute Gasteiger partial charge is 0.274 e. The lowest BCUT2D eigenvalue weighted by Gasteiger charge is -2.12. The molecule has 5 nitrogen and oxygen atoms in total. The van der Waals surface area contributed by atoms with E-state index in [0.717, 1.165) is 21.4 Å². The minimum Gasteiger partial charge on any atom is -0.503 e. The van der Waals surface area contributed by atoms with E-state index < -0.39 is 22.2 Å². The monoisotopic (exact) mass is 404 g/mol. The van der Waals surface area contributed by atoms with E-state index >= 15 is 0 Å². The summed E-state index contributed by atoms with van der Waals surface area (Å²) in [6, 6.07) is 16.8. The van der Waals surface area contributed by atoms with Crippen LogP contribution in [0.15, 0.2) is 70.5 Å². The number of benzene rings is 3. The number of halogens is 2. The number of nitrogens with zero attached hydrogens (tertiary/aromatic N) is 1. The maximum Gasteiger partial charge on any atom is 0.274 e. The van der Waals surface area contributed by atoms with Crippen molar-refractivity contribution < 1.29 is 14.4 Å². The van der Waals surface area contributed by atoms with Crippen LogP contribution >= 0.6 is 23.4 Å². The van der Waals surface area contributed by atoms with Gasteiger partial charge in [0, 0.05) is 27.4 Å². The Hall–Kier alpha value is -2.77. The summed E-state index contributed by atoms with van der Waals surface area (Å²) in [4.78, 5) is 12.1. The van der Waals surface area contributed by atoms with Crippen LogP contribution in [-0.4, -0.2) is 10.0 Å². The van der Waals surface area contributed by atoms with Gasteiger partial charge in [0.1, 0.15) is 0 Å². The van der Waals surface area contributed by atoms with Gasteiger partial charge in [0.2, 0.25) is 0 Å². The van der Waals surface area contributed by atoms with Crippen molar-refractivity contribution in [3.63, 3.8) is 0 Å². The maximum atomic E-state index is 13.7. The van der Waals surface area contributed by atoms with Crippen LogP contribution in [0.3, 0.4) is 0 Å². The molecule has 0 fully saturated rings. The Morgan fingerprint density at radius 3 is 2.56 bits per heavy atom. The van der Waals surface area contributed by atoms with Gasteiger partial charge in [0.25, 0.3) is 5.69 Å². The number of nitro benzene ring substituents is 1. The summed E-state index contributed by atoms with van der Waals surface area (Å²) < 4.78 is 13.7. The molecule has 2 N–H and O–H groups in total. The van der Waals surface area contributed by atoms with Crippen LogP contribution in [0, 0.1) is 15.9 Å². The van der Waals surface area contributed by atoms with Gasteiger partial charge in [-0.3, -0.25) is 10.1 Å². The van der Waals surface area contributed by atoms with Crippen molar-refractivity contribution in [3.8, 4) is 5.75 Å². The maximum absolute atomic E-state index is 13.7. The molecule has 3 aromatic rings. The number of rotatable bonds is 6. The van der Waals surface area contributed by atoms with E-state index in [4.69, 9.17) is 11.6 Å². The number of nitrogens with one attached hydrogen (secondary N) is 1. The minimum absolute atomic E-state index is 0.0343. The Balaban J connectivity index is 1.81. The van der Waals surface area contributed by atoms with Crippen molar-refractivity contribution in [2.75, 3.05) is 5.32 Å². The molecule has 138 valence electrons. The Kier molecular flexibility index (Phi) is 5.83. The molecule has 0 heterocycles. The summed E-state index contributed by atoms with van der Waals surface area (Å²) in [5, 5.41) is 24.2. The van der Waals surface area contributed by atoms with E-state index in [1.807, 2.05) is 36.4 Å². The van der Waals surface area contributed by atoms with Crippen molar-refractivity contribution in [1.82, 2.24) is 0 Å². The number of aromatic hydroxyl groups is 1. The third-order valence-electron chi connectivity index (χ3n) is 3.74. The Labute approximate surface area is 163 Å². The standard InChI is InChI=1S/C19H14ClFN2O3S/c20-13-5-7-15(8-6-13)27-18-4-2-1-3-12(18)11-22-17-10-14(23(25)26)9-16(21)19(17)24/h1-10,22,24H,11H2. The first-order chi connectivity index (χ1) is 12.9. The van der Waals surface area contributed by atoms with Crippen LogP contribution < -0.4 is 5.32 Å². The van der Waals surface area contributed by atoms with Gasteiger partial charge in [-0.25, -0.2) is 4.39 Å². The Morgan fingerprint density at radius 1 is 1.15 bits per heavy atom. The fraction of sp³-hybridized carbons (Fsp3) is 0.0526. The quantitative estimate of drug-likeness (QED) is 0.306. The van der Waals surface area contributed by atoms with Crippen LogP contribution in [0.25, 0.3) is 0 Å². The summed E-state index contributed by atoms with van der Waals surface area (Å²) in [6.45, 7) is 0.255. The molecule has 0 spiro atoms. The number of phenols is 1. The highest BCUT2D eigenvalue weighted by Crippen LogP contribution is 2.34. The molecule has 0 atom stereocenters. The number of anilines is 1. The number of hydrogen-bond acceptors (Lipinski definition) is 5. The molecule has 0 radical (unpaired) electrons. The molecule has 0 saturated heterocycles. The first kappa shape index (κ1) is 19.0. The number of nitro groups is 1. The van der Waals surface area contributed by atoms with Gasteiger partial charge in [-0.2, -0.15) is 0 Å². The zero-order valence-corrected chi connectivity index (χ0v) is 15.4. The second-order valence-electron chi connectivity index (χ2n) is 5.60. The first-order valence-electron chi connectivity index (χ1n) is 7.86. The van der Waals surface area contributed by atoms with Crippen LogP contribution in [-0.2, 0) is 6.54 Å². The minimum atomic E-state index is -1.05. The average Bonchev–Trinajstić information content (AvgIpc) is 2.65. The fourth-order valence-corrected chi connectivity index (χ4v) is 3.46. The highest BCUT2D eigenvalue weighted by molar-refractivity contribution is 7.99. The largest absolute Gasteiger partial charge is 0.503 e. The SMILES string of the molecule is O=[N+]([O-])c1cc(F)c(O)c(NCc2ccccc2Sc2ccc(Cl)cc2)c1. The Bertz CT molecular complexity index is 983. The molecule has 3 rings (SSSR count). The van der Waals surface area contributed by atoms with Gasteiger partial charge in [0.05, 0.1) is 16.7 Å². The molecule has 0 aliphatic rings. The third kappa shape index (κ3) is 4.69. The molecule has 0 saturated carbocycles. The lowest BCUT2D eigenvalue weighted by molar-refractivity contribution is -0.385. The van der Waals surface area contributed by atoms with Crippen molar-refractivity contribution in [1.29, 1.82) is 0 Å². The lowest BCUT2D eigenvalue weighted by Crippen LogP contribution is -2.02. The molecule has 0 amide bonds. The van der Waals surface area contributed by atoms with Crippen LogP contribution in [0.1, 0.15) is 5.56 Å². The molecule has 3 aromatic carbocycles. The second-order valence-corrected chi connectivity index (χ2v) is 7.15. The van der Waals surface area contributed by atoms with Gasteiger partial charge >= 0.3 is 0 Å². The predicted molar refractivity (Wildman–Crippen MR) is 104 cm³/mol. The van der Waals surface area contributed by atoms with E-state index in [1.54, 1.807) is 12.1 Å². The fourth-order valence-electron chi connectivity index (χ4n) is 2.39. The first-order valence-corrected chi connectivity index (χ1v) is 9.05. The lowest BCUT2D eigenvalue weighted by atomic mass is 10.2. The molecule has 0 bridgehead atoms. The number of phenolic OH excluding ortho intramolecular Hbond substituents is 1. The highest BCUT2D eigenvalue weighted by Gasteiger charge is 2.16. The van der Waals surface area contributed by atoms with E-state index in [1.165, 1.54) is 11.8 Å². The molecule has 0 aliphatic carbocycles.